The molecule has 6 heteroatoms. The number of nitrogens with zero attached hydrogens (tertiary/aromatic N) is 1. The Kier molecular flexibility index (Phi) is 4.89. The predicted molar refractivity (Wildman–Crippen MR) is 99.1 cm³/mol. The molecule has 0 bridgehead atoms. The third-order valence-corrected chi connectivity index (χ3v) is 7.23. The summed E-state index contributed by atoms with van der Waals surface area (Å²) in [5, 5.41) is 5.23. The number of nitrogens with one attached hydrogen (secondary N) is 1. The van der Waals surface area contributed by atoms with E-state index < -0.39 is 10.0 Å². The minimum absolute atomic E-state index is 0. The van der Waals surface area contributed by atoms with Crippen molar-refractivity contribution in [3.63, 3.8) is 0 Å². The fourth-order valence-corrected chi connectivity index (χ4v) is 5.81. The molecule has 1 unspecified atom stereocenters. The van der Waals surface area contributed by atoms with Crippen LogP contribution in [0.15, 0.2) is 47.4 Å². The fraction of sp³-hybridized carbons (Fsp3) is 0.444. The summed E-state index contributed by atoms with van der Waals surface area (Å²) in [6.45, 7) is 3.27. The number of fused-ring (bicyclic) bond motifs is 1. The molecule has 24 heavy (non-hydrogen) atoms. The Labute approximate surface area is 149 Å². The Bertz CT molecular complexity index is 827. The van der Waals surface area contributed by atoms with Crippen LogP contribution in [0, 0.1) is 5.41 Å². The topological polar surface area (TPSA) is 49.4 Å². The zero-order valence-corrected chi connectivity index (χ0v) is 15.2. The number of hydrogen-bond donors (Lipinski definition) is 1. The highest BCUT2D eigenvalue weighted by atomic mass is 35.5. The van der Waals surface area contributed by atoms with E-state index in [0.717, 1.165) is 43.1 Å². The highest BCUT2D eigenvalue weighted by Gasteiger charge is 2.43. The van der Waals surface area contributed by atoms with Gasteiger partial charge in [0.25, 0.3) is 0 Å². The Hall–Kier alpha value is -1.14. The Morgan fingerprint density at radius 1 is 1.04 bits per heavy atom. The lowest BCUT2D eigenvalue weighted by Gasteiger charge is -2.33. The molecule has 1 spiro atoms. The molecular weight excluding hydrogens is 344 g/mol. The smallest absolute Gasteiger partial charge is 0.243 e. The lowest BCUT2D eigenvalue weighted by molar-refractivity contribution is 0.225. The van der Waals surface area contributed by atoms with Gasteiger partial charge in [-0.05, 0) is 42.7 Å². The van der Waals surface area contributed by atoms with Gasteiger partial charge in [0.05, 0.1) is 4.90 Å². The van der Waals surface area contributed by atoms with Gasteiger partial charge < -0.3 is 5.32 Å². The van der Waals surface area contributed by atoms with Crippen LogP contribution in [0.2, 0.25) is 0 Å². The van der Waals surface area contributed by atoms with Gasteiger partial charge in [-0.25, -0.2) is 8.42 Å². The highest BCUT2D eigenvalue weighted by Crippen LogP contribution is 2.39. The maximum absolute atomic E-state index is 13.2. The summed E-state index contributed by atoms with van der Waals surface area (Å²) in [6.07, 6.45) is 3.23. The standard InChI is InChI=1S/C18H22N2O2S.ClH/c21-23(22,17-8-3-6-15-5-1-2-7-16(15)17)20-12-10-18(14-20)9-4-11-19-13-18;/h1-3,5-8,19H,4,9-14H2;1H. The predicted octanol–water partition coefficient (Wildman–Crippen LogP) is 3.03. The van der Waals surface area contributed by atoms with Crippen molar-refractivity contribution in [2.45, 2.75) is 24.2 Å². The van der Waals surface area contributed by atoms with Crippen molar-refractivity contribution in [3.8, 4) is 0 Å². The summed E-state index contributed by atoms with van der Waals surface area (Å²) in [4.78, 5) is 0.441. The first kappa shape index (κ1) is 17.7. The first-order valence-corrected chi connectivity index (χ1v) is 9.74. The molecule has 130 valence electrons. The molecule has 4 nitrogen and oxygen atoms in total. The zero-order valence-electron chi connectivity index (χ0n) is 13.6. The van der Waals surface area contributed by atoms with Gasteiger partial charge in [0.1, 0.15) is 0 Å². The van der Waals surface area contributed by atoms with Gasteiger partial charge in [-0.3, -0.25) is 0 Å². The van der Waals surface area contributed by atoms with Crippen LogP contribution < -0.4 is 5.32 Å². The van der Waals surface area contributed by atoms with Crippen LogP contribution in [-0.4, -0.2) is 38.9 Å². The van der Waals surface area contributed by atoms with E-state index >= 15 is 0 Å². The van der Waals surface area contributed by atoms with Crippen molar-refractivity contribution in [2.75, 3.05) is 26.2 Å². The number of benzene rings is 2. The molecular formula is C18H23ClN2O2S. The molecule has 1 atom stereocenters. The molecule has 0 aliphatic carbocycles. The van der Waals surface area contributed by atoms with Crippen LogP contribution in [0.1, 0.15) is 19.3 Å². The minimum atomic E-state index is -3.44. The van der Waals surface area contributed by atoms with Gasteiger partial charge in [-0.1, -0.05) is 36.4 Å². The molecule has 0 radical (unpaired) electrons. The average molecular weight is 367 g/mol. The van der Waals surface area contributed by atoms with E-state index in [4.69, 9.17) is 0 Å². The molecule has 4 rings (SSSR count). The molecule has 0 aromatic heterocycles. The number of hydrogen-bond acceptors (Lipinski definition) is 3. The first-order valence-electron chi connectivity index (χ1n) is 8.30. The minimum Gasteiger partial charge on any atom is -0.316 e. The van der Waals surface area contributed by atoms with Crippen LogP contribution in [0.4, 0.5) is 0 Å². The lowest BCUT2D eigenvalue weighted by atomic mass is 9.80. The molecule has 2 fully saturated rings. The van der Waals surface area contributed by atoms with Crippen LogP contribution in [-0.2, 0) is 10.0 Å². The molecule has 2 aliphatic rings. The Morgan fingerprint density at radius 3 is 2.62 bits per heavy atom. The average Bonchev–Trinajstić information content (AvgIpc) is 2.99. The second kappa shape index (κ2) is 6.64. The van der Waals surface area contributed by atoms with Crippen LogP contribution >= 0.6 is 12.4 Å². The summed E-state index contributed by atoms with van der Waals surface area (Å²) in [5.41, 5.74) is 0.135. The van der Waals surface area contributed by atoms with E-state index in [9.17, 15) is 8.42 Å². The largest absolute Gasteiger partial charge is 0.316 e. The van der Waals surface area contributed by atoms with E-state index in [-0.39, 0.29) is 17.8 Å². The third kappa shape index (κ3) is 2.94. The summed E-state index contributed by atoms with van der Waals surface area (Å²) >= 11 is 0. The maximum atomic E-state index is 13.2. The molecule has 1 N–H and O–H groups in total. The van der Waals surface area contributed by atoms with Gasteiger partial charge in [0.2, 0.25) is 10.0 Å². The number of sulfonamides is 1. The van der Waals surface area contributed by atoms with Crippen molar-refractivity contribution in [3.05, 3.63) is 42.5 Å². The van der Waals surface area contributed by atoms with E-state index in [0.29, 0.717) is 18.0 Å². The van der Waals surface area contributed by atoms with E-state index in [1.807, 2.05) is 36.4 Å². The van der Waals surface area contributed by atoms with Crippen LogP contribution in [0.25, 0.3) is 10.8 Å². The second-order valence-corrected chi connectivity index (χ2v) is 8.75. The van der Waals surface area contributed by atoms with E-state index in [2.05, 4.69) is 5.32 Å². The van der Waals surface area contributed by atoms with Crippen molar-refractivity contribution in [1.29, 1.82) is 0 Å². The van der Waals surface area contributed by atoms with E-state index in [1.165, 1.54) is 0 Å². The normalized spacial score (nSPS) is 25.0. The highest BCUT2D eigenvalue weighted by molar-refractivity contribution is 7.89. The van der Waals surface area contributed by atoms with Crippen molar-refractivity contribution in [1.82, 2.24) is 9.62 Å². The quantitative estimate of drug-likeness (QED) is 0.888. The molecule has 2 aromatic carbocycles. The Balaban J connectivity index is 0.00000169. The fourth-order valence-electron chi connectivity index (χ4n) is 4.04. The maximum Gasteiger partial charge on any atom is 0.243 e. The van der Waals surface area contributed by atoms with Gasteiger partial charge >= 0.3 is 0 Å². The second-order valence-electron chi connectivity index (χ2n) is 6.85. The molecule has 2 heterocycles. The van der Waals surface area contributed by atoms with Crippen LogP contribution in [0.5, 0.6) is 0 Å². The molecule has 2 saturated heterocycles. The lowest BCUT2D eigenvalue weighted by Crippen LogP contribution is -2.42. The number of rotatable bonds is 2. The number of piperidine rings is 1. The van der Waals surface area contributed by atoms with Crippen molar-refractivity contribution >= 4 is 33.2 Å². The van der Waals surface area contributed by atoms with Gasteiger partial charge in [0, 0.05) is 25.0 Å². The van der Waals surface area contributed by atoms with Gasteiger partial charge in [-0.15, -0.1) is 12.4 Å². The number of halogens is 1. The molecule has 2 aromatic rings. The molecule has 0 amide bonds. The first-order chi connectivity index (χ1) is 11.1. The SMILES string of the molecule is Cl.O=S(=O)(c1cccc2ccccc12)N1CCC2(CCCNC2)C1. The van der Waals surface area contributed by atoms with Gasteiger partial charge in [0.15, 0.2) is 0 Å². The Morgan fingerprint density at radius 2 is 1.83 bits per heavy atom. The summed E-state index contributed by atoms with van der Waals surface area (Å²) in [7, 11) is -3.44. The summed E-state index contributed by atoms with van der Waals surface area (Å²) < 4.78 is 28.1. The zero-order chi connectivity index (χ0) is 15.9. The molecule has 0 saturated carbocycles. The van der Waals surface area contributed by atoms with Crippen molar-refractivity contribution < 1.29 is 8.42 Å². The third-order valence-electron chi connectivity index (χ3n) is 5.33. The van der Waals surface area contributed by atoms with E-state index in [1.54, 1.807) is 10.4 Å². The molecule has 2 aliphatic heterocycles. The summed E-state index contributed by atoms with van der Waals surface area (Å²) in [6, 6.07) is 13.2. The summed E-state index contributed by atoms with van der Waals surface area (Å²) in [5.74, 6) is 0. The van der Waals surface area contributed by atoms with Crippen molar-refractivity contribution in [2.24, 2.45) is 5.41 Å². The van der Waals surface area contributed by atoms with Gasteiger partial charge in [-0.2, -0.15) is 4.31 Å². The monoisotopic (exact) mass is 366 g/mol. The van der Waals surface area contributed by atoms with Crippen LogP contribution in [0.3, 0.4) is 0 Å².